The standard InChI is InChI=1S/C14H17N5O.ClH/c15-17-14(20)13-12(9-5-7-16-8-6-9)10-3-1-2-4-11(10)18-19-13;/h1-4,9,16H,5-8,15H2,(H,17,20);1H. The third-order valence-electron chi connectivity index (χ3n) is 3.80. The highest BCUT2D eigenvalue weighted by Gasteiger charge is 2.25. The van der Waals surface area contributed by atoms with Crippen LogP contribution in [-0.4, -0.2) is 29.2 Å². The maximum Gasteiger partial charge on any atom is 0.286 e. The zero-order valence-corrected chi connectivity index (χ0v) is 12.3. The van der Waals surface area contributed by atoms with Gasteiger partial charge in [0.15, 0.2) is 5.69 Å². The van der Waals surface area contributed by atoms with Gasteiger partial charge in [-0.2, -0.15) is 0 Å². The number of hydrogen-bond acceptors (Lipinski definition) is 5. The van der Waals surface area contributed by atoms with Crippen molar-refractivity contribution in [1.29, 1.82) is 0 Å². The fraction of sp³-hybridized carbons (Fsp3) is 0.357. The Balaban J connectivity index is 0.00000161. The van der Waals surface area contributed by atoms with E-state index in [-0.39, 0.29) is 18.3 Å². The summed E-state index contributed by atoms with van der Waals surface area (Å²) in [6, 6.07) is 7.79. The van der Waals surface area contributed by atoms with E-state index in [2.05, 4.69) is 20.9 Å². The van der Waals surface area contributed by atoms with Crippen molar-refractivity contribution in [2.24, 2.45) is 5.84 Å². The molecule has 0 saturated carbocycles. The molecule has 0 bridgehead atoms. The van der Waals surface area contributed by atoms with Gasteiger partial charge in [-0.15, -0.1) is 22.6 Å². The summed E-state index contributed by atoms with van der Waals surface area (Å²) < 4.78 is 0. The van der Waals surface area contributed by atoms with Crippen LogP contribution in [0.5, 0.6) is 0 Å². The van der Waals surface area contributed by atoms with Gasteiger partial charge in [0.05, 0.1) is 5.52 Å². The molecule has 1 aliphatic rings. The second-order valence-electron chi connectivity index (χ2n) is 4.98. The van der Waals surface area contributed by atoms with Gasteiger partial charge >= 0.3 is 0 Å². The molecule has 1 amide bonds. The predicted molar refractivity (Wildman–Crippen MR) is 83.3 cm³/mol. The Morgan fingerprint density at radius 1 is 1.24 bits per heavy atom. The number of aromatic nitrogens is 2. The number of hydrogen-bond donors (Lipinski definition) is 3. The lowest BCUT2D eigenvalue weighted by atomic mass is 9.86. The third kappa shape index (κ3) is 2.97. The van der Waals surface area contributed by atoms with E-state index < -0.39 is 0 Å². The van der Waals surface area contributed by atoms with Crippen LogP contribution in [0.1, 0.15) is 34.8 Å². The lowest BCUT2D eigenvalue weighted by Gasteiger charge is -2.25. The lowest BCUT2D eigenvalue weighted by molar-refractivity contribution is 0.0946. The van der Waals surface area contributed by atoms with Crippen molar-refractivity contribution < 1.29 is 4.79 Å². The molecule has 112 valence electrons. The fourth-order valence-corrected chi connectivity index (χ4v) is 2.83. The van der Waals surface area contributed by atoms with E-state index in [1.54, 1.807) is 0 Å². The summed E-state index contributed by atoms with van der Waals surface area (Å²) in [6.07, 6.45) is 1.97. The molecule has 0 atom stereocenters. The van der Waals surface area contributed by atoms with Crippen LogP contribution in [0.15, 0.2) is 24.3 Å². The lowest BCUT2D eigenvalue weighted by Crippen LogP contribution is -2.33. The highest BCUT2D eigenvalue weighted by atomic mass is 35.5. The van der Waals surface area contributed by atoms with Gasteiger partial charge in [0.25, 0.3) is 5.91 Å². The highest BCUT2D eigenvalue weighted by molar-refractivity contribution is 5.98. The minimum atomic E-state index is -0.378. The third-order valence-corrected chi connectivity index (χ3v) is 3.80. The molecule has 0 spiro atoms. The molecule has 4 N–H and O–H groups in total. The second kappa shape index (κ2) is 6.80. The van der Waals surface area contributed by atoms with Gasteiger partial charge in [-0.25, -0.2) is 5.84 Å². The quantitative estimate of drug-likeness (QED) is 0.439. The first-order valence-corrected chi connectivity index (χ1v) is 6.78. The zero-order chi connectivity index (χ0) is 13.9. The van der Waals surface area contributed by atoms with Crippen LogP contribution < -0.4 is 16.6 Å². The Morgan fingerprint density at radius 3 is 2.67 bits per heavy atom. The van der Waals surface area contributed by atoms with Crippen molar-refractivity contribution in [1.82, 2.24) is 20.9 Å². The molecule has 1 saturated heterocycles. The number of hydrazine groups is 1. The summed E-state index contributed by atoms with van der Waals surface area (Å²) in [5.74, 6) is 5.20. The summed E-state index contributed by atoms with van der Waals surface area (Å²) in [6.45, 7) is 1.90. The molecular weight excluding hydrogens is 290 g/mol. The molecule has 3 rings (SSSR count). The van der Waals surface area contributed by atoms with Gasteiger partial charge in [0.2, 0.25) is 0 Å². The average molecular weight is 308 g/mol. The molecule has 0 unspecified atom stereocenters. The normalized spacial score (nSPS) is 15.5. The Labute approximate surface area is 128 Å². The Bertz CT molecular complexity index is 642. The van der Waals surface area contributed by atoms with E-state index in [0.29, 0.717) is 11.6 Å². The number of carbonyl (C=O) groups excluding carboxylic acids is 1. The van der Waals surface area contributed by atoms with Crippen LogP contribution in [0.2, 0.25) is 0 Å². The van der Waals surface area contributed by atoms with Crippen molar-refractivity contribution in [2.45, 2.75) is 18.8 Å². The SMILES string of the molecule is Cl.NNC(=O)c1nnc2ccccc2c1C1CCNCC1. The zero-order valence-electron chi connectivity index (χ0n) is 11.5. The van der Waals surface area contributed by atoms with Crippen molar-refractivity contribution >= 4 is 29.2 Å². The summed E-state index contributed by atoms with van der Waals surface area (Å²) in [4.78, 5) is 12.0. The van der Waals surface area contributed by atoms with Crippen LogP contribution in [-0.2, 0) is 0 Å². The Kier molecular flexibility index (Phi) is 5.06. The number of piperidine rings is 1. The van der Waals surface area contributed by atoms with Gasteiger partial charge in [-0.3, -0.25) is 10.2 Å². The minimum Gasteiger partial charge on any atom is -0.317 e. The number of amides is 1. The van der Waals surface area contributed by atoms with Crippen LogP contribution >= 0.6 is 12.4 Å². The maximum absolute atomic E-state index is 12.0. The number of carbonyl (C=O) groups is 1. The Morgan fingerprint density at radius 2 is 1.95 bits per heavy atom. The summed E-state index contributed by atoms with van der Waals surface area (Å²) in [7, 11) is 0. The minimum absolute atomic E-state index is 0. The Hall–Kier alpha value is -1.76. The molecule has 1 aromatic heterocycles. The smallest absolute Gasteiger partial charge is 0.286 e. The number of benzene rings is 1. The van der Waals surface area contributed by atoms with Crippen molar-refractivity contribution in [3.05, 3.63) is 35.5 Å². The summed E-state index contributed by atoms with van der Waals surface area (Å²) in [5, 5.41) is 12.5. The molecule has 21 heavy (non-hydrogen) atoms. The topological polar surface area (TPSA) is 92.9 Å². The molecular formula is C14H18ClN5O. The van der Waals surface area contributed by atoms with E-state index in [1.807, 2.05) is 24.3 Å². The molecule has 7 heteroatoms. The fourth-order valence-electron chi connectivity index (χ4n) is 2.83. The summed E-state index contributed by atoms with van der Waals surface area (Å²) >= 11 is 0. The van der Waals surface area contributed by atoms with E-state index in [4.69, 9.17) is 5.84 Å². The van der Waals surface area contributed by atoms with Crippen molar-refractivity contribution in [2.75, 3.05) is 13.1 Å². The van der Waals surface area contributed by atoms with E-state index in [1.165, 1.54) is 0 Å². The largest absolute Gasteiger partial charge is 0.317 e. The maximum atomic E-state index is 12.0. The van der Waals surface area contributed by atoms with Crippen LogP contribution in [0.25, 0.3) is 10.9 Å². The first-order chi connectivity index (χ1) is 9.81. The molecule has 1 fully saturated rings. The molecule has 0 radical (unpaired) electrons. The van der Waals surface area contributed by atoms with Crippen molar-refractivity contribution in [3.8, 4) is 0 Å². The number of halogens is 1. The first-order valence-electron chi connectivity index (χ1n) is 6.78. The van der Waals surface area contributed by atoms with Gasteiger partial charge in [-0.05, 0) is 43.5 Å². The first kappa shape index (κ1) is 15.6. The number of nitrogens with zero attached hydrogens (tertiary/aromatic N) is 2. The molecule has 2 heterocycles. The number of nitrogen functional groups attached to an aromatic ring is 1. The van der Waals surface area contributed by atoms with E-state index in [0.717, 1.165) is 42.4 Å². The van der Waals surface area contributed by atoms with E-state index in [9.17, 15) is 4.79 Å². The van der Waals surface area contributed by atoms with Crippen LogP contribution in [0.4, 0.5) is 0 Å². The van der Waals surface area contributed by atoms with Crippen molar-refractivity contribution in [3.63, 3.8) is 0 Å². The number of nitrogens with two attached hydrogens (primary N) is 1. The van der Waals surface area contributed by atoms with Crippen LogP contribution in [0, 0.1) is 0 Å². The molecule has 0 aliphatic carbocycles. The average Bonchev–Trinajstić information content (AvgIpc) is 2.53. The van der Waals surface area contributed by atoms with Crippen LogP contribution in [0.3, 0.4) is 0 Å². The number of nitrogens with one attached hydrogen (secondary N) is 2. The molecule has 1 aliphatic heterocycles. The summed E-state index contributed by atoms with van der Waals surface area (Å²) in [5.41, 5.74) is 4.30. The highest BCUT2D eigenvalue weighted by Crippen LogP contribution is 2.32. The number of fused-ring (bicyclic) bond motifs is 1. The van der Waals surface area contributed by atoms with E-state index >= 15 is 0 Å². The monoisotopic (exact) mass is 307 g/mol. The van der Waals surface area contributed by atoms with Gasteiger partial charge < -0.3 is 5.32 Å². The predicted octanol–water partition coefficient (Wildman–Crippen LogP) is 1.12. The van der Waals surface area contributed by atoms with Gasteiger partial charge in [0, 0.05) is 5.39 Å². The van der Waals surface area contributed by atoms with Gasteiger partial charge in [-0.1, -0.05) is 18.2 Å². The molecule has 2 aromatic rings. The number of rotatable bonds is 2. The van der Waals surface area contributed by atoms with Gasteiger partial charge in [0.1, 0.15) is 0 Å². The molecule has 1 aromatic carbocycles. The molecule has 6 nitrogen and oxygen atoms in total. The second-order valence-corrected chi connectivity index (χ2v) is 4.98.